The van der Waals surface area contributed by atoms with Crippen molar-refractivity contribution in [3.05, 3.63) is 88.1 Å². The van der Waals surface area contributed by atoms with E-state index in [9.17, 15) is 18.0 Å². The Morgan fingerprint density at radius 2 is 1.70 bits per heavy atom. The Bertz CT molecular complexity index is 1160. The molecule has 1 N–H and O–H groups in total. The number of H-pyrrole nitrogens is 1. The molecule has 0 radical (unpaired) electrons. The molecule has 2 aromatic carbocycles. The summed E-state index contributed by atoms with van der Waals surface area (Å²) >= 11 is 0. The predicted octanol–water partition coefficient (Wildman–Crippen LogP) is 3.72. The molecule has 4 aromatic rings. The molecule has 2 aromatic heterocycles. The molecule has 0 saturated carbocycles. The van der Waals surface area contributed by atoms with Crippen LogP contribution in [0.2, 0.25) is 0 Å². The summed E-state index contributed by atoms with van der Waals surface area (Å²) in [6, 6.07) is 15.9. The van der Waals surface area contributed by atoms with Crippen molar-refractivity contribution in [1.29, 1.82) is 0 Å². The molecular weight excluding hydrogens is 357 g/mol. The number of hydrogen-bond donors (Lipinski definition) is 1. The van der Waals surface area contributed by atoms with Crippen LogP contribution in [-0.2, 0) is 12.6 Å². The molecule has 5 nitrogen and oxygen atoms in total. The average molecular weight is 370 g/mol. The lowest BCUT2D eigenvalue weighted by Gasteiger charge is -2.09. The molecular formula is C19H13F3N4O. The first-order valence-electron chi connectivity index (χ1n) is 8.11. The molecule has 0 saturated heterocycles. The zero-order valence-corrected chi connectivity index (χ0v) is 13.9. The van der Waals surface area contributed by atoms with Gasteiger partial charge in [0.25, 0.3) is 5.56 Å². The lowest BCUT2D eigenvalue weighted by atomic mass is 10.2. The van der Waals surface area contributed by atoms with Crippen LogP contribution in [0.25, 0.3) is 16.7 Å². The van der Waals surface area contributed by atoms with Crippen molar-refractivity contribution in [2.24, 2.45) is 0 Å². The van der Waals surface area contributed by atoms with E-state index in [0.717, 1.165) is 10.7 Å². The summed E-state index contributed by atoms with van der Waals surface area (Å²) in [6.07, 6.45) is -4.69. The second kappa shape index (κ2) is 6.39. The molecule has 136 valence electrons. The van der Waals surface area contributed by atoms with Crippen molar-refractivity contribution in [2.45, 2.75) is 12.6 Å². The number of nitrogens with one attached hydrogen (secondary N) is 1. The minimum Gasteiger partial charge on any atom is -0.319 e. The summed E-state index contributed by atoms with van der Waals surface area (Å²) in [6.45, 7) is 0. The highest BCUT2D eigenvalue weighted by atomic mass is 19.4. The second-order valence-electron chi connectivity index (χ2n) is 5.97. The summed E-state index contributed by atoms with van der Waals surface area (Å²) < 4.78 is 41.1. The molecule has 27 heavy (non-hydrogen) atoms. The number of hydrogen-bond acceptors (Lipinski definition) is 3. The normalized spacial score (nSPS) is 11.8. The minimum atomic E-state index is -4.58. The highest BCUT2D eigenvalue weighted by Crippen LogP contribution is 2.31. The van der Waals surface area contributed by atoms with Gasteiger partial charge in [-0.25, -0.2) is 9.67 Å². The van der Waals surface area contributed by atoms with E-state index in [1.54, 1.807) is 42.5 Å². The van der Waals surface area contributed by atoms with Gasteiger partial charge in [-0.1, -0.05) is 30.3 Å². The van der Waals surface area contributed by atoms with Crippen molar-refractivity contribution in [3.63, 3.8) is 0 Å². The molecule has 0 spiro atoms. The molecule has 8 heteroatoms. The van der Waals surface area contributed by atoms with Crippen LogP contribution in [0.4, 0.5) is 13.2 Å². The lowest BCUT2D eigenvalue weighted by Crippen LogP contribution is -2.15. The van der Waals surface area contributed by atoms with Gasteiger partial charge in [0, 0.05) is 6.42 Å². The van der Waals surface area contributed by atoms with Crippen LogP contribution in [-0.4, -0.2) is 19.7 Å². The zero-order chi connectivity index (χ0) is 19.0. The number of aromatic nitrogens is 4. The van der Waals surface area contributed by atoms with E-state index in [2.05, 4.69) is 15.1 Å². The van der Waals surface area contributed by atoms with Crippen LogP contribution in [0.1, 0.15) is 17.1 Å². The molecule has 0 fully saturated rings. The molecule has 0 aliphatic carbocycles. The summed E-state index contributed by atoms with van der Waals surface area (Å²) in [5, 5.41) is 4.07. The van der Waals surface area contributed by atoms with Gasteiger partial charge in [-0.05, 0) is 30.3 Å². The number of rotatable bonds is 3. The third-order valence-electron chi connectivity index (χ3n) is 4.07. The monoisotopic (exact) mass is 370 g/mol. The Morgan fingerprint density at radius 1 is 1.00 bits per heavy atom. The number of para-hydroxylation sites is 3. The molecule has 0 unspecified atom stereocenters. The second-order valence-corrected chi connectivity index (χ2v) is 5.97. The van der Waals surface area contributed by atoms with E-state index >= 15 is 0 Å². The number of fused-ring (bicyclic) bond motifs is 1. The van der Waals surface area contributed by atoms with Gasteiger partial charge in [-0.15, -0.1) is 0 Å². The summed E-state index contributed by atoms with van der Waals surface area (Å²) in [5.41, 5.74) is 0.288. The molecule has 0 aliphatic heterocycles. The fourth-order valence-electron chi connectivity index (χ4n) is 2.84. The highest BCUT2D eigenvalue weighted by molar-refractivity contribution is 5.73. The number of nitrogens with zero attached hydrogens (tertiary/aromatic N) is 3. The summed E-state index contributed by atoms with van der Waals surface area (Å²) in [5.74, 6) is 0. The largest absolute Gasteiger partial charge is 0.433 e. The van der Waals surface area contributed by atoms with Gasteiger partial charge in [-0.3, -0.25) is 4.79 Å². The Morgan fingerprint density at radius 3 is 2.44 bits per heavy atom. The van der Waals surface area contributed by atoms with Crippen molar-refractivity contribution in [1.82, 2.24) is 19.7 Å². The number of benzene rings is 2. The quantitative estimate of drug-likeness (QED) is 0.598. The van der Waals surface area contributed by atoms with Gasteiger partial charge in [0.05, 0.1) is 22.4 Å². The van der Waals surface area contributed by atoms with E-state index in [1.807, 2.05) is 0 Å². The maximum Gasteiger partial charge on any atom is 0.433 e. The van der Waals surface area contributed by atoms with Crippen molar-refractivity contribution < 1.29 is 13.2 Å². The number of alkyl halides is 3. The van der Waals surface area contributed by atoms with Gasteiger partial charge >= 0.3 is 6.18 Å². The number of aromatic amines is 1. The Balaban J connectivity index is 1.78. The van der Waals surface area contributed by atoms with E-state index in [4.69, 9.17) is 0 Å². The Labute approximate surface area is 151 Å². The van der Waals surface area contributed by atoms with E-state index in [1.165, 1.54) is 12.1 Å². The molecule has 2 heterocycles. The summed E-state index contributed by atoms with van der Waals surface area (Å²) in [7, 11) is 0. The topological polar surface area (TPSA) is 63.6 Å². The number of halogens is 3. The first-order chi connectivity index (χ1) is 12.9. The SMILES string of the molecule is O=c1[nH]c2ccccc2nc1Cc1cc(C(F)(F)F)n(-c2ccccc2)n1. The van der Waals surface area contributed by atoms with Crippen LogP contribution < -0.4 is 5.56 Å². The van der Waals surface area contributed by atoms with Gasteiger partial charge < -0.3 is 4.98 Å². The fourth-order valence-corrected chi connectivity index (χ4v) is 2.84. The van der Waals surface area contributed by atoms with Gasteiger partial charge in [0.1, 0.15) is 11.4 Å². The molecule has 0 atom stereocenters. The van der Waals surface area contributed by atoms with Crippen LogP contribution in [0.5, 0.6) is 0 Å². The van der Waals surface area contributed by atoms with Crippen LogP contribution in [0, 0.1) is 0 Å². The van der Waals surface area contributed by atoms with E-state index in [0.29, 0.717) is 11.0 Å². The maximum absolute atomic E-state index is 13.4. The van der Waals surface area contributed by atoms with Gasteiger partial charge in [0.2, 0.25) is 0 Å². The minimum absolute atomic E-state index is 0.108. The van der Waals surface area contributed by atoms with Crippen LogP contribution in [0.3, 0.4) is 0 Å². The predicted molar refractivity (Wildman–Crippen MR) is 93.7 cm³/mol. The molecule has 0 bridgehead atoms. The third kappa shape index (κ3) is 3.33. The first-order valence-corrected chi connectivity index (χ1v) is 8.11. The van der Waals surface area contributed by atoms with E-state index in [-0.39, 0.29) is 23.5 Å². The van der Waals surface area contributed by atoms with Crippen LogP contribution >= 0.6 is 0 Å². The van der Waals surface area contributed by atoms with E-state index < -0.39 is 17.4 Å². The smallest absolute Gasteiger partial charge is 0.319 e. The summed E-state index contributed by atoms with van der Waals surface area (Å²) in [4.78, 5) is 19.2. The molecule has 4 rings (SSSR count). The van der Waals surface area contributed by atoms with Crippen LogP contribution in [0.15, 0.2) is 65.5 Å². The van der Waals surface area contributed by atoms with Crippen molar-refractivity contribution in [3.8, 4) is 5.69 Å². The van der Waals surface area contributed by atoms with Gasteiger partial charge in [0.15, 0.2) is 0 Å². The third-order valence-corrected chi connectivity index (χ3v) is 4.07. The Hall–Kier alpha value is -3.42. The highest BCUT2D eigenvalue weighted by Gasteiger charge is 2.36. The van der Waals surface area contributed by atoms with Crippen molar-refractivity contribution in [2.75, 3.05) is 0 Å². The maximum atomic E-state index is 13.4. The van der Waals surface area contributed by atoms with Crippen molar-refractivity contribution >= 4 is 11.0 Å². The average Bonchev–Trinajstić information content (AvgIpc) is 3.07. The fraction of sp³-hybridized carbons (Fsp3) is 0.105. The molecule has 0 amide bonds. The standard InChI is InChI=1S/C19H13F3N4O/c20-19(21,22)17-11-12(25-26(17)13-6-2-1-3-7-13)10-16-18(27)24-15-9-5-4-8-14(15)23-16/h1-9,11H,10H2,(H,24,27). The lowest BCUT2D eigenvalue weighted by molar-refractivity contribution is -0.142. The van der Waals surface area contributed by atoms with Gasteiger partial charge in [-0.2, -0.15) is 18.3 Å². The first kappa shape index (κ1) is 17.0. The molecule has 0 aliphatic rings. The zero-order valence-electron chi connectivity index (χ0n) is 13.9. The Kier molecular flexibility index (Phi) is 4.02.